The Balaban J connectivity index is 1.25. The summed E-state index contributed by atoms with van der Waals surface area (Å²) in [7, 11) is 0. The van der Waals surface area contributed by atoms with Gasteiger partial charge in [-0.25, -0.2) is 9.78 Å². The van der Waals surface area contributed by atoms with Crippen molar-refractivity contribution in [1.82, 2.24) is 20.2 Å². The summed E-state index contributed by atoms with van der Waals surface area (Å²) < 4.78 is 0. The van der Waals surface area contributed by atoms with E-state index in [-0.39, 0.29) is 18.4 Å². The minimum atomic E-state index is -0.857. The van der Waals surface area contributed by atoms with Crippen LogP contribution in [0.25, 0.3) is 22.4 Å². The number of aromatic nitrogens is 2. The molecular formula is C24H25N5O3. The predicted octanol–water partition coefficient (Wildman–Crippen LogP) is 3.67. The Morgan fingerprint density at radius 1 is 1.16 bits per heavy atom. The van der Waals surface area contributed by atoms with Gasteiger partial charge in [-0.1, -0.05) is 31.9 Å². The number of amides is 4. The van der Waals surface area contributed by atoms with Gasteiger partial charge in [0.1, 0.15) is 17.9 Å². The molecule has 2 aromatic carbocycles. The zero-order valence-electron chi connectivity index (χ0n) is 17.9. The number of aromatic amines is 1. The molecule has 164 valence electrons. The number of hydrogen-bond donors (Lipinski definition) is 3. The molecule has 1 aliphatic carbocycles. The monoisotopic (exact) mass is 431 g/mol. The van der Waals surface area contributed by atoms with Crippen LogP contribution in [0.15, 0.2) is 48.5 Å². The molecule has 0 bridgehead atoms. The Labute approximate surface area is 185 Å². The van der Waals surface area contributed by atoms with Gasteiger partial charge in [-0.15, -0.1) is 0 Å². The molecule has 2 fully saturated rings. The lowest BCUT2D eigenvalue weighted by Gasteiger charge is -2.36. The Morgan fingerprint density at radius 2 is 1.94 bits per heavy atom. The van der Waals surface area contributed by atoms with Gasteiger partial charge in [-0.3, -0.25) is 14.5 Å². The average Bonchev–Trinajstić information content (AvgIpc) is 3.32. The second kappa shape index (κ2) is 7.78. The number of nitrogens with zero attached hydrogens (tertiary/aromatic N) is 2. The molecule has 3 N–H and O–H groups in total. The Kier molecular flexibility index (Phi) is 4.92. The van der Waals surface area contributed by atoms with Gasteiger partial charge in [-0.05, 0) is 55.2 Å². The van der Waals surface area contributed by atoms with Crippen LogP contribution >= 0.6 is 0 Å². The fraction of sp³-hybridized carbons (Fsp3) is 0.333. The highest BCUT2D eigenvalue weighted by atomic mass is 16.2. The van der Waals surface area contributed by atoms with E-state index in [0.29, 0.717) is 12.1 Å². The van der Waals surface area contributed by atoms with Crippen molar-refractivity contribution in [2.75, 3.05) is 11.9 Å². The number of carbonyl (C=O) groups excluding carboxylic acids is 3. The third-order valence-electron chi connectivity index (χ3n) is 6.63. The molecule has 1 aliphatic heterocycles. The van der Waals surface area contributed by atoms with E-state index in [9.17, 15) is 14.4 Å². The molecule has 3 aromatic rings. The normalized spacial score (nSPS) is 23.0. The second-order valence-electron chi connectivity index (χ2n) is 8.67. The number of urea groups is 1. The quantitative estimate of drug-likeness (QED) is 0.548. The Bertz CT molecular complexity index is 1170. The smallest absolute Gasteiger partial charge is 0.325 e. The highest BCUT2D eigenvalue weighted by molar-refractivity contribution is 6.10. The molecule has 8 nitrogen and oxygen atoms in total. The fourth-order valence-corrected chi connectivity index (χ4v) is 4.78. The van der Waals surface area contributed by atoms with Gasteiger partial charge in [0.2, 0.25) is 5.91 Å². The van der Waals surface area contributed by atoms with Crippen LogP contribution in [0, 0.1) is 5.92 Å². The molecule has 5 rings (SSSR count). The van der Waals surface area contributed by atoms with E-state index in [1.807, 2.05) is 43.3 Å². The summed E-state index contributed by atoms with van der Waals surface area (Å²) in [5, 5.41) is 5.65. The molecule has 1 aromatic heterocycles. The number of para-hydroxylation sites is 2. The molecule has 0 radical (unpaired) electrons. The first kappa shape index (κ1) is 20.2. The number of fused-ring (bicyclic) bond motifs is 1. The van der Waals surface area contributed by atoms with Crippen LogP contribution in [-0.4, -0.2) is 44.8 Å². The maximum atomic E-state index is 13.0. The first-order valence-corrected chi connectivity index (χ1v) is 11.0. The van der Waals surface area contributed by atoms with Crippen molar-refractivity contribution in [2.45, 2.75) is 38.1 Å². The summed E-state index contributed by atoms with van der Waals surface area (Å²) in [6.07, 6.45) is 3.47. The van der Waals surface area contributed by atoms with Gasteiger partial charge in [0, 0.05) is 11.3 Å². The maximum Gasteiger partial charge on any atom is 0.325 e. The van der Waals surface area contributed by atoms with Gasteiger partial charge in [0.25, 0.3) is 5.91 Å². The predicted molar refractivity (Wildman–Crippen MR) is 121 cm³/mol. The molecule has 2 aliphatic rings. The van der Waals surface area contributed by atoms with E-state index in [1.54, 1.807) is 12.1 Å². The minimum absolute atomic E-state index is 0.0616. The molecule has 1 saturated heterocycles. The number of rotatable bonds is 4. The number of anilines is 1. The highest BCUT2D eigenvalue weighted by Gasteiger charge is 2.55. The lowest BCUT2D eigenvalue weighted by molar-refractivity contribution is -0.136. The summed E-state index contributed by atoms with van der Waals surface area (Å²) in [6, 6.07) is 14.6. The third kappa shape index (κ3) is 3.41. The highest BCUT2D eigenvalue weighted by Crippen LogP contribution is 2.38. The lowest BCUT2D eigenvalue weighted by Crippen LogP contribution is -2.54. The molecule has 2 unspecified atom stereocenters. The van der Waals surface area contributed by atoms with E-state index in [0.717, 1.165) is 46.6 Å². The van der Waals surface area contributed by atoms with Crippen LogP contribution < -0.4 is 10.6 Å². The van der Waals surface area contributed by atoms with Crippen molar-refractivity contribution in [3.05, 3.63) is 48.5 Å². The number of imidazole rings is 1. The van der Waals surface area contributed by atoms with Crippen molar-refractivity contribution < 1.29 is 14.4 Å². The zero-order chi connectivity index (χ0) is 22.3. The van der Waals surface area contributed by atoms with Crippen LogP contribution in [0.5, 0.6) is 0 Å². The van der Waals surface area contributed by atoms with Crippen LogP contribution in [0.2, 0.25) is 0 Å². The van der Waals surface area contributed by atoms with E-state index in [4.69, 9.17) is 0 Å². The summed E-state index contributed by atoms with van der Waals surface area (Å²) in [5.41, 5.74) is 2.46. The summed E-state index contributed by atoms with van der Waals surface area (Å²) in [6.45, 7) is 1.69. The van der Waals surface area contributed by atoms with Crippen LogP contribution in [0.3, 0.4) is 0 Å². The van der Waals surface area contributed by atoms with Crippen molar-refractivity contribution in [2.24, 2.45) is 5.92 Å². The van der Waals surface area contributed by atoms with Crippen molar-refractivity contribution in [1.29, 1.82) is 0 Å². The largest absolute Gasteiger partial charge is 0.338 e. The van der Waals surface area contributed by atoms with Crippen LogP contribution in [0.1, 0.15) is 32.6 Å². The number of H-pyrrole nitrogens is 1. The minimum Gasteiger partial charge on any atom is -0.338 e. The molecule has 4 amide bonds. The van der Waals surface area contributed by atoms with Crippen LogP contribution in [0.4, 0.5) is 10.5 Å². The van der Waals surface area contributed by atoms with Crippen molar-refractivity contribution in [3.8, 4) is 11.4 Å². The van der Waals surface area contributed by atoms with Gasteiger partial charge >= 0.3 is 6.03 Å². The van der Waals surface area contributed by atoms with Gasteiger partial charge in [-0.2, -0.15) is 0 Å². The van der Waals surface area contributed by atoms with E-state index in [2.05, 4.69) is 20.6 Å². The van der Waals surface area contributed by atoms with Crippen LogP contribution in [-0.2, 0) is 9.59 Å². The number of imide groups is 1. The molecule has 32 heavy (non-hydrogen) atoms. The number of carbonyl (C=O) groups is 3. The topological polar surface area (TPSA) is 107 Å². The summed E-state index contributed by atoms with van der Waals surface area (Å²) >= 11 is 0. The summed E-state index contributed by atoms with van der Waals surface area (Å²) in [5.74, 6) is 0.109. The summed E-state index contributed by atoms with van der Waals surface area (Å²) in [4.78, 5) is 47.0. The fourth-order valence-electron chi connectivity index (χ4n) is 4.78. The molecule has 2 heterocycles. The van der Waals surface area contributed by atoms with E-state index in [1.165, 1.54) is 0 Å². The standard InChI is InChI=1S/C24H25N5O3/c1-15-6-4-5-13-24(15)22(31)29(23(32)28-24)14-20(30)25-17-11-9-16(10-12-17)21-26-18-7-2-3-8-19(18)27-21/h2-3,7-12,15H,4-6,13-14H2,1H3,(H,25,30)(H,26,27)(H,28,32). The molecule has 1 saturated carbocycles. The molecular weight excluding hydrogens is 406 g/mol. The first-order valence-electron chi connectivity index (χ1n) is 11.0. The van der Waals surface area contributed by atoms with Gasteiger partial charge in [0.15, 0.2) is 0 Å². The maximum absolute atomic E-state index is 13.0. The van der Waals surface area contributed by atoms with Gasteiger partial charge in [0.05, 0.1) is 11.0 Å². The SMILES string of the molecule is CC1CCCCC12NC(=O)N(CC(=O)Nc1ccc(-c3nc4ccccc4[nH]3)cc1)C2=O. The van der Waals surface area contributed by atoms with Crippen molar-refractivity contribution in [3.63, 3.8) is 0 Å². The van der Waals surface area contributed by atoms with E-state index >= 15 is 0 Å². The van der Waals surface area contributed by atoms with E-state index < -0.39 is 17.5 Å². The van der Waals surface area contributed by atoms with Crippen molar-refractivity contribution >= 4 is 34.6 Å². The molecule has 1 spiro atoms. The van der Waals surface area contributed by atoms with Gasteiger partial charge < -0.3 is 15.6 Å². The first-order chi connectivity index (χ1) is 15.5. The average molecular weight is 431 g/mol. The Hall–Kier alpha value is -3.68. The number of benzene rings is 2. The third-order valence-corrected chi connectivity index (χ3v) is 6.63. The number of hydrogen-bond acceptors (Lipinski definition) is 4. The number of nitrogens with one attached hydrogen (secondary N) is 3. The lowest BCUT2D eigenvalue weighted by atomic mass is 9.73. The second-order valence-corrected chi connectivity index (χ2v) is 8.67. The zero-order valence-corrected chi connectivity index (χ0v) is 17.9. The molecule has 2 atom stereocenters. The Morgan fingerprint density at radius 3 is 2.69 bits per heavy atom. The molecule has 8 heteroatoms.